The lowest BCUT2D eigenvalue weighted by Crippen LogP contribution is -2.29. The van der Waals surface area contributed by atoms with Gasteiger partial charge in [0.05, 0.1) is 22.3 Å². The van der Waals surface area contributed by atoms with E-state index in [1.807, 2.05) is 37.3 Å². The van der Waals surface area contributed by atoms with Gasteiger partial charge in [0.2, 0.25) is 0 Å². The van der Waals surface area contributed by atoms with Gasteiger partial charge in [-0.3, -0.25) is 9.59 Å². The molecule has 7 nitrogen and oxygen atoms in total. The number of para-hydroxylation sites is 1. The molecule has 140 valence electrons. The summed E-state index contributed by atoms with van der Waals surface area (Å²) in [5, 5.41) is 10.5. The first-order valence-electron chi connectivity index (χ1n) is 8.94. The molecular formula is C21H19N5O2. The maximum absolute atomic E-state index is 12.8. The van der Waals surface area contributed by atoms with Gasteiger partial charge < -0.3 is 0 Å². The largest absolute Gasteiger partial charge is 0.282 e. The average Bonchev–Trinajstić information content (AvgIpc) is 2.96. The van der Waals surface area contributed by atoms with Crippen LogP contribution in [0.2, 0.25) is 0 Å². The predicted molar refractivity (Wildman–Crippen MR) is 110 cm³/mol. The molecule has 3 aromatic rings. The quantitative estimate of drug-likeness (QED) is 0.662. The number of aryl methyl sites for hydroxylation is 2. The molecule has 1 unspecified atom stereocenters. The van der Waals surface area contributed by atoms with Crippen LogP contribution in [0.5, 0.6) is 0 Å². The van der Waals surface area contributed by atoms with Crippen LogP contribution in [-0.4, -0.2) is 27.5 Å². The number of aromatic nitrogens is 2. The molecule has 1 aromatic heterocycles. The van der Waals surface area contributed by atoms with Crippen LogP contribution in [-0.2, 0) is 4.79 Å². The Balaban J connectivity index is 1.66. The van der Waals surface area contributed by atoms with E-state index in [1.165, 1.54) is 15.9 Å². The standard InChI is InChI=1S/C21H19N5O2/c1-13-8-10-16(11-9-13)26-21(28)18(14(2)24-26)12-22-25-15(3)23-19-7-5-4-6-17(19)20(25)27/h4-12,18H,1-3H3/b22-12+. The van der Waals surface area contributed by atoms with E-state index in [9.17, 15) is 9.59 Å². The van der Waals surface area contributed by atoms with Crippen LogP contribution in [0.3, 0.4) is 0 Å². The van der Waals surface area contributed by atoms with Crippen molar-refractivity contribution in [2.75, 3.05) is 5.01 Å². The fourth-order valence-electron chi connectivity index (χ4n) is 3.13. The lowest BCUT2D eigenvalue weighted by atomic mass is 10.1. The smallest absolute Gasteiger partial charge is 0.271 e. The van der Waals surface area contributed by atoms with Gasteiger partial charge in [0.15, 0.2) is 0 Å². The lowest BCUT2D eigenvalue weighted by molar-refractivity contribution is -0.118. The molecule has 1 aliphatic rings. The third kappa shape index (κ3) is 3.00. The number of hydrogen-bond donors (Lipinski definition) is 0. The van der Waals surface area contributed by atoms with Crippen molar-refractivity contribution < 1.29 is 4.79 Å². The van der Waals surface area contributed by atoms with Crippen LogP contribution < -0.4 is 10.6 Å². The Hall–Kier alpha value is -3.61. The SMILES string of the molecule is CC1=NN(c2ccc(C)cc2)C(=O)C1/C=N/n1c(C)nc2ccccc2c1=O. The molecule has 1 amide bonds. The molecular weight excluding hydrogens is 354 g/mol. The number of benzene rings is 2. The summed E-state index contributed by atoms with van der Waals surface area (Å²) in [5.41, 5.74) is 2.78. The Labute approximate surface area is 161 Å². The van der Waals surface area contributed by atoms with Gasteiger partial charge in [-0.1, -0.05) is 29.8 Å². The summed E-state index contributed by atoms with van der Waals surface area (Å²) in [5.74, 6) is -0.376. The van der Waals surface area contributed by atoms with Crippen molar-refractivity contribution >= 4 is 34.4 Å². The lowest BCUT2D eigenvalue weighted by Gasteiger charge is -2.13. The zero-order chi connectivity index (χ0) is 19.8. The molecule has 1 atom stereocenters. The van der Waals surface area contributed by atoms with Gasteiger partial charge in [0.25, 0.3) is 11.5 Å². The Morgan fingerprint density at radius 2 is 1.71 bits per heavy atom. The van der Waals surface area contributed by atoms with Crippen molar-refractivity contribution in [3.63, 3.8) is 0 Å². The minimum atomic E-state index is -0.626. The molecule has 0 spiro atoms. The second-order valence-corrected chi connectivity index (χ2v) is 6.76. The molecule has 7 heteroatoms. The van der Waals surface area contributed by atoms with Gasteiger partial charge in [-0.05, 0) is 45.0 Å². The van der Waals surface area contributed by atoms with Gasteiger partial charge in [-0.25, -0.2) is 4.98 Å². The summed E-state index contributed by atoms with van der Waals surface area (Å²) in [6, 6.07) is 14.7. The Bertz CT molecular complexity index is 1190. The first-order chi connectivity index (χ1) is 13.5. The van der Waals surface area contributed by atoms with E-state index < -0.39 is 5.92 Å². The second kappa shape index (κ2) is 6.84. The number of nitrogens with zero attached hydrogens (tertiary/aromatic N) is 5. The third-order valence-electron chi connectivity index (χ3n) is 4.71. The maximum Gasteiger partial charge on any atom is 0.282 e. The molecule has 1 aliphatic heterocycles. The Morgan fingerprint density at radius 3 is 2.46 bits per heavy atom. The van der Waals surface area contributed by atoms with E-state index in [4.69, 9.17) is 0 Å². The van der Waals surface area contributed by atoms with Crippen molar-refractivity contribution in [2.45, 2.75) is 20.8 Å². The van der Waals surface area contributed by atoms with E-state index in [0.717, 1.165) is 5.56 Å². The van der Waals surface area contributed by atoms with Crippen LogP contribution >= 0.6 is 0 Å². The Kier molecular flexibility index (Phi) is 4.35. The molecule has 0 aliphatic carbocycles. The van der Waals surface area contributed by atoms with Crippen molar-refractivity contribution in [2.24, 2.45) is 16.1 Å². The molecule has 28 heavy (non-hydrogen) atoms. The van der Waals surface area contributed by atoms with E-state index in [-0.39, 0.29) is 11.5 Å². The first kappa shape index (κ1) is 17.8. The van der Waals surface area contributed by atoms with Crippen LogP contribution in [0, 0.1) is 19.8 Å². The summed E-state index contributed by atoms with van der Waals surface area (Å²) in [7, 11) is 0. The highest BCUT2D eigenvalue weighted by molar-refractivity contribution is 6.23. The van der Waals surface area contributed by atoms with Crippen molar-refractivity contribution in [3.05, 3.63) is 70.3 Å². The minimum Gasteiger partial charge on any atom is -0.271 e. The van der Waals surface area contributed by atoms with E-state index in [1.54, 1.807) is 32.0 Å². The van der Waals surface area contributed by atoms with Crippen LogP contribution in [0.15, 0.2) is 63.5 Å². The van der Waals surface area contributed by atoms with Gasteiger partial charge in [0.1, 0.15) is 11.7 Å². The molecule has 0 bridgehead atoms. The Morgan fingerprint density at radius 1 is 1.00 bits per heavy atom. The summed E-state index contributed by atoms with van der Waals surface area (Å²) < 4.78 is 1.22. The number of carbonyl (C=O) groups is 1. The molecule has 0 saturated heterocycles. The van der Waals surface area contributed by atoms with Crippen molar-refractivity contribution in [1.82, 2.24) is 9.66 Å². The molecule has 0 N–H and O–H groups in total. The minimum absolute atomic E-state index is 0.204. The maximum atomic E-state index is 12.8. The monoisotopic (exact) mass is 373 g/mol. The summed E-state index contributed by atoms with van der Waals surface area (Å²) in [6.07, 6.45) is 1.46. The molecule has 0 saturated carbocycles. The van der Waals surface area contributed by atoms with Gasteiger partial charge in [-0.2, -0.15) is 19.9 Å². The summed E-state index contributed by atoms with van der Waals surface area (Å²) in [6.45, 7) is 5.47. The third-order valence-corrected chi connectivity index (χ3v) is 4.71. The average molecular weight is 373 g/mol. The summed E-state index contributed by atoms with van der Waals surface area (Å²) >= 11 is 0. The topological polar surface area (TPSA) is 79.9 Å². The van der Waals surface area contributed by atoms with Crippen molar-refractivity contribution in [1.29, 1.82) is 0 Å². The number of rotatable bonds is 3. The number of hydrazone groups is 1. The number of carbonyl (C=O) groups excluding carboxylic acids is 1. The predicted octanol–water partition coefficient (Wildman–Crippen LogP) is 2.89. The number of fused-ring (bicyclic) bond motifs is 1. The van der Waals surface area contributed by atoms with E-state index in [2.05, 4.69) is 15.2 Å². The highest BCUT2D eigenvalue weighted by Gasteiger charge is 2.33. The molecule has 2 aromatic carbocycles. The second-order valence-electron chi connectivity index (χ2n) is 6.76. The molecule has 0 fully saturated rings. The van der Waals surface area contributed by atoms with Crippen molar-refractivity contribution in [3.8, 4) is 0 Å². The molecule has 2 heterocycles. The zero-order valence-corrected chi connectivity index (χ0v) is 15.8. The van der Waals surface area contributed by atoms with Crippen LogP contribution in [0.4, 0.5) is 5.69 Å². The van der Waals surface area contributed by atoms with Gasteiger partial charge >= 0.3 is 0 Å². The molecule has 4 rings (SSSR count). The van der Waals surface area contributed by atoms with Crippen LogP contribution in [0.1, 0.15) is 18.3 Å². The van der Waals surface area contributed by atoms with Crippen LogP contribution in [0.25, 0.3) is 10.9 Å². The number of hydrogen-bond acceptors (Lipinski definition) is 5. The first-order valence-corrected chi connectivity index (χ1v) is 8.94. The van der Waals surface area contributed by atoms with E-state index in [0.29, 0.717) is 28.1 Å². The van der Waals surface area contributed by atoms with E-state index >= 15 is 0 Å². The fraction of sp³-hybridized carbons (Fsp3) is 0.190. The number of amides is 1. The number of anilines is 1. The van der Waals surface area contributed by atoms with Gasteiger partial charge in [-0.15, -0.1) is 0 Å². The van der Waals surface area contributed by atoms with Gasteiger partial charge in [0, 0.05) is 6.21 Å². The molecule has 0 radical (unpaired) electrons. The zero-order valence-electron chi connectivity index (χ0n) is 15.8. The summed E-state index contributed by atoms with van der Waals surface area (Å²) in [4.78, 5) is 30.0. The highest BCUT2D eigenvalue weighted by Crippen LogP contribution is 2.23. The fourth-order valence-corrected chi connectivity index (χ4v) is 3.13. The highest BCUT2D eigenvalue weighted by atomic mass is 16.2. The normalized spacial score (nSPS) is 17.0.